The molecular weight excluding hydrogens is 385 g/mol. The molecule has 2 rings (SSSR count). The molecule has 21 heavy (non-hydrogen) atoms. The summed E-state index contributed by atoms with van der Waals surface area (Å²) in [4.78, 5) is 6.80. The van der Waals surface area contributed by atoms with Gasteiger partial charge in [0.2, 0.25) is 0 Å². The normalized spacial score (nSPS) is 25.0. The lowest BCUT2D eigenvalue weighted by Gasteiger charge is -2.37. The van der Waals surface area contributed by atoms with Gasteiger partial charge in [-0.1, -0.05) is 0 Å². The number of nitrogens with zero attached hydrogens (tertiary/aromatic N) is 2. The number of nitrogens with one attached hydrogen (secondary N) is 1. The number of halogens is 1. The number of aliphatic hydroxyl groups is 1. The second-order valence-corrected chi connectivity index (χ2v) is 5.64. The van der Waals surface area contributed by atoms with E-state index in [9.17, 15) is 5.11 Å². The molecule has 1 aliphatic carbocycles. The molecule has 2 N–H and O–H groups in total. The highest BCUT2D eigenvalue weighted by Crippen LogP contribution is 2.31. The second kappa shape index (κ2) is 9.12. The first kappa shape index (κ1) is 18.9. The van der Waals surface area contributed by atoms with Gasteiger partial charge in [-0.15, -0.1) is 24.0 Å². The van der Waals surface area contributed by atoms with E-state index < -0.39 is 5.60 Å². The van der Waals surface area contributed by atoms with Crippen LogP contribution in [0.5, 0.6) is 0 Å². The molecule has 0 amide bonds. The molecule has 1 aliphatic heterocycles. The molecule has 1 unspecified atom stereocenters. The number of aliphatic imine (C=N–C) groups is 1. The maximum Gasteiger partial charge on any atom is 0.194 e. The lowest BCUT2D eigenvalue weighted by molar-refractivity contribution is -0.0454. The molecule has 1 saturated heterocycles. The fraction of sp³-hybridized carbons (Fsp3) is 0.929. The van der Waals surface area contributed by atoms with E-state index in [2.05, 4.69) is 22.1 Å². The van der Waals surface area contributed by atoms with Crippen LogP contribution in [-0.4, -0.2) is 74.2 Å². The zero-order chi connectivity index (χ0) is 14.4. The minimum Gasteiger partial charge on any atom is -0.388 e. The first-order valence-corrected chi connectivity index (χ1v) is 7.53. The predicted octanol–water partition coefficient (Wildman–Crippen LogP) is 0.832. The number of ether oxygens (including phenoxy) is 2. The molecule has 1 atom stereocenters. The number of hydrogen-bond donors (Lipinski definition) is 2. The van der Waals surface area contributed by atoms with E-state index >= 15 is 0 Å². The first-order chi connectivity index (χ1) is 9.67. The Hall–Kier alpha value is -0.120. The van der Waals surface area contributed by atoms with E-state index in [-0.39, 0.29) is 30.1 Å². The number of hydrogen-bond acceptors (Lipinski definition) is 4. The molecule has 0 aromatic heterocycles. The molecule has 124 valence electrons. The molecule has 0 bridgehead atoms. The van der Waals surface area contributed by atoms with Crippen LogP contribution in [0.4, 0.5) is 0 Å². The van der Waals surface area contributed by atoms with Gasteiger partial charge in [0, 0.05) is 26.7 Å². The molecule has 0 aromatic rings. The van der Waals surface area contributed by atoms with Gasteiger partial charge in [-0.2, -0.15) is 0 Å². The van der Waals surface area contributed by atoms with Crippen LogP contribution in [-0.2, 0) is 9.47 Å². The van der Waals surface area contributed by atoms with Crippen molar-refractivity contribution < 1.29 is 14.6 Å². The molecule has 0 radical (unpaired) electrons. The van der Waals surface area contributed by atoms with Crippen LogP contribution < -0.4 is 5.32 Å². The van der Waals surface area contributed by atoms with Crippen LogP contribution in [0.3, 0.4) is 0 Å². The van der Waals surface area contributed by atoms with Gasteiger partial charge in [0.15, 0.2) is 5.96 Å². The zero-order valence-corrected chi connectivity index (χ0v) is 15.3. The third-order valence-electron chi connectivity index (χ3n) is 3.93. The topological polar surface area (TPSA) is 66.3 Å². The fourth-order valence-corrected chi connectivity index (χ4v) is 2.59. The standard InChI is InChI=1S/C14H27N3O3.HI/c1-3-15-13(16-11-14(18)5-4-6-14)17-7-8-20-12(9-17)10-19-2;/h12,18H,3-11H2,1-2H3,(H,15,16);1H. The van der Waals surface area contributed by atoms with E-state index in [1.54, 1.807) is 7.11 Å². The maximum atomic E-state index is 10.2. The molecule has 6 nitrogen and oxygen atoms in total. The summed E-state index contributed by atoms with van der Waals surface area (Å²) in [5.41, 5.74) is -0.571. The van der Waals surface area contributed by atoms with Crippen molar-refractivity contribution in [1.29, 1.82) is 0 Å². The van der Waals surface area contributed by atoms with Gasteiger partial charge in [-0.05, 0) is 26.2 Å². The Kier molecular flexibility index (Phi) is 8.22. The summed E-state index contributed by atoms with van der Waals surface area (Å²) in [6.45, 7) is 6.25. The van der Waals surface area contributed by atoms with Crippen molar-refractivity contribution in [2.24, 2.45) is 4.99 Å². The molecular formula is C14H28IN3O3. The van der Waals surface area contributed by atoms with Gasteiger partial charge in [-0.3, -0.25) is 4.99 Å². The Labute approximate surface area is 144 Å². The summed E-state index contributed by atoms with van der Waals surface area (Å²) in [5, 5.41) is 13.5. The van der Waals surface area contributed by atoms with Crippen molar-refractivity contribution in [3.05, 3.63) is 0 Å². The Morgan fingerprint density at radius 3 is 2.86 bits per heavy atom. The van der Waals surface area contributed by atoms with Crippen molar-refractivity contribution >= 4 is 29.9 Å². The number of guanidine groups is 1. The van der Waals surface area contributed by atoms with Crippen LogP contribution in [0.15, 0.2) is 4.99 Å². The van der Waals surface area contributed by atoms with Crippen molar-refractivity contribution in [1.82, 2.24) is 10.2 Å². The van der Waals surface area contributed by atoms with E-state index in [1.165, 1.54) is 0 Å². The zero-order valence-electron chi connectivity index (χ0n) is 13.0. The SMILES string of the molecule is CCNC(=NCC1(O)CCC1)N1CCOC(COC)C1.I. The summed E-state index contributed by atoms with van der Waals surface area (Å²) in [7, 11) is 1.69. The minimum atomic E-state index is -0.571. The quantitative estimate of drug-likeness (QED) is 0.397. The largest absolute Gasteiger partial charge is 0.388 e. The molecule has 2 aliphatic rings. The highest BCUT2D eigenvalue weighted by Gasteiger charge is 2.34. The molecule has 7 heteroatoms. The van der Waals surface area contributed by atoms with Crippen LogP contribution in [0.1, 0.15) is 26.2 Å². The molecule has 2 fully saturated rings. The highest BCUT2D eigenvalue weighted by molar-refractivity contribution is 14.0. The third-order valence-corrected chi connectivity index (χ3v) is 3.93. The van der Waals surface area contributed by atoms with Gasteiger partial charge in [-0.25, -0.2) is 0 Å². The summed E-state index contributed by atoms with van der Waals surface area (Å²) in [6, 6.07) is 0. The average molecular weight is 413 g/mol. The molecule has 1 heterocycles. The third kappa shape index (κ3) is 5.54. The van der Waals surface area contributed by atoms with Gasteiger partial charge >= 0.3 is 0 Å². The van der Waals surface area contributed by atoms with Gasteiger partial charge in [0.05, 0.1) is 31.5 Å². The van der Waals surface area contributed by atoms with Crippen LogP contribution in [0.2, 0.25) is 0 Å². The Bertz CT molecular complexity index is 335. The first-order valence-electron chi connectivity index (χ1n) is 7.53. The van der Waals surface area contributed by atoms with E-state index in [1.807, 2.05) is 0 Å². The monoisotopic (exact) mass is 413 g/mol. The predicted molar refractivity (Wildman–Crippen MR) is 93.4 cm³/mol. The van der Waals surface area contributed by atoms with Crippen molar-refractivity contribution in [3.8, 4) is 0 Å². The van der Waals surface area contributed by atoms with Gasteiger partial charge < -0.3 is 24.8 Å². The summed E-state index contributed by atoms with van der Waals surface area (Å²) < 4.78 is 10.8. The van der Waals surface area contributed by atoms with Crippen LogP contribution in [0, 0.1) is 0 Å². The van der Waals surface area contributed by atoms with Crippen molar-refractivity contribution in [3.63, 3.8) is 0 Å². The molecule has 1 saturated carbocycles. The smallest absolute Gasteiger partial charge is 0.194 e. The lowest BCUT2D eigenvalue weighted by Crippen LogP contribution is -2.52. The second-order valence-electron chi connectivity index (χ2n) is 5.64. The van der Waals surface area contributed by atoms with Crippen molar-refractivity contribution in [2.75, 3.05) is 46.5 Å². The number of rotatable bonds is 5. The van der Waals surface area contributed by atoms with Gasteiger partial charge in [0.1, 0.15) is 0 Å². The molecule has 0 spiro atoms. The van der Waals surface area contributed by atoms with E-state index in [0.29, 0.717) is 19.8 Å². The average Bonchev–Trinajstić information content (AvgIpc) is 2.42. The van der Waals surface area contributed by atoms with Crippen LogP contribution >= 0.6 is 24.0 Å². The maximum absolute atomic E-state index is 10.2. The summed E-state index contributed by atoms with van der Waals surface area (Å²) in [5.74, 6) is 0.872. The summed E-state index contributed by atoms with van der Waals surface area (Å²) >= 11 is 0. The lowest BCUT2D eigenvalue weighted by atomic mass is 9.80. The minimum absolute atomic E-state index is 0. The van der Waals surface area contributed by atoms with Crippen molar-refractivity contribution in [2.45, 2.75) is 37.9 Å². The van der Waals surface area contributed by atoms with Crippen LogP contribution in [0.25, 0.3) is 0 Å². The Morgan fingerprint density at radius 2 is 2.29 bits per heavy atom. The molecule has 0 aromatic carbocycles. The highest BCUT2D eigenvalue weighted by atomic mass is 127. The Balaban J connectivity index is 0.00000220. The number of methoxy groups -OCH3 is 1. The van der Waals surface area contributed by atoms with E-state index in [4.69, 9.17) is 9.47 Å². The summed E-state index contributed by atoms with van der Waals surface area (Å²) in [6.07, 6.45) is 2.93. The Morgan fingerprint density at radius 1 is 1.52 bits per heavy atom. The number of morpholine rings is 1. The van der Waals surface area contributed by atoms with Gasteiger partial charge in [0.25, 0.3) is 0 Å². The fourth-order valence-electron chi connectivity index (χ4n) is 2.59. The van der Waals surface area contributed by atoms with E-state index in [0.717, 1.165) is 44.9 Å².